The molecule has 3 aromatic rings. The predicted molar refractivity (Wildman–Crippen MR) is 97.2 cm³/mol. The summed E-state index contributed by atoms with van der Waals surface area (Å²) in [6.07, 6.45) is 0. The van der Waals surface area contributed by atoms with Crippen molar-refractivity contribution in [1.82, 2.24) is 9.13 Å². The Labute approximate surface area is 170 Å². The molecule has 5 nitrogen and oxygen atoms in total. The van der Waals surface area contributed by atoms with Gasteiger partial charge in [-0.25, -0.2) is 13.6 Å². The number of hydrogen-bond donors (Lipinski definition) is 1. The van der Waals surface area contributed by atoms with Gasteiger partial charge in [0, 0.05) is 11.1 Å². The van der Waals surface area contributed by atoms with Gasteiger partial charge >= 0.3 is 5.69 Å². The van der Waals surface area contributed by atoms with Crippen LogP contribution in [0.4, 0.5) is 26.3 Å². The molecule has 0 amide bonds. The zero-order chi connectivity index (χ0) is 23.0. The molecule has 0 unspecified atom stereocenters. The zero-order valence-electron chi connectivity index (χ0n) is 15.5. The van der Waals surface area contributed by atoms with Gasteiger partial charge in [0.05, 0.1) is 19.2 Å². The van der Waals surface area contributed by atoms with E-state index in [-0.39, 0.29) is 9.13 Å². The van der Waals surface area contributed by atoms with Crippen LogP contribution in [0.25, 0.3) is 0 Å². The highest BCUT2D eigenvalue weighted by molar-refractivity contribution is 5.23. The van der Waals surface area contributed by atoms with Crippen LogP contribution < -0.4 is 11.2 Å². The Bertz CT molecular complexity index is 1240. The van der Waals surface area contributed by atoms with Gasteiger partial charge in [-0.1, -0.05) is 24.3 Å². The van der Waals surface area contributed by atoms with Crippen molar-refractivity contribution in [3.63, 3.8) is 0 Å². The first-order valence-electron chi connectivity index (χ1n) is 8.72. The maximum Gasteiger partial charge on any atom is 0.334 e. The summed E-state index contributed by atoms with van der Waals surface area (Å²) in [5, 5.41) is 9.82. The van der Waals surface area contributed by atoms with E-state index in [4.69, 9.17) is 0 Å². The Morgan fingerprint density at radius 3 is 1.65 bits per heavy atom. The second-order valence-corrected chi connectivity index (χ2v) is 6.73. The molecule has 0 spiro atoms. The van der Waals surface area contributed by atoms with Crippen LogP contribution in [0.5, 0.6) is 5.88 Å². The number of rotatable bonds is 6. The van der Waals surface area contributed by atoms with E-state index in [9.17, 15) is 41.0 Å². The Morgan fingerprint density at radius 2 is 1.19 bits per heavy atom. The molecule has 164 valence electrons. The molecule has 11 heteroatoms. The molecule has 0 saturated carbocycles. The molecule has 0 fully saturated rings. The van der Waals surface area contributed by atoms with Crippen LogP contribution in [0, 0.1) is 11.6 Å². The van der Waals surface area contributed by atoms with E-state index in [1.54, 1.807) is 0 Å². The Hall–Kier alpha value is -3.50. The lowest BCUT2D eigenvalue weighted by Gasteiger charge is -2.21. The molecule has 0 bridgehead atoms. The number of nitrogens with zero attached hydrogens (tertiary/aromatic N) is 2. The minimum Gasteiger partial charge on any atom is -0.494 e. The molecule has 0 aliphatic heterocycles. The van der Waals surface area contributed by atoms with Gasteiger partial charge in [-0.05, 0) is 24.3 Å². The summed E-state index contributed by atoms with van der Waals surface area (Å²) in [7, 11) is 0. The van der Waals surface area contributed by atoms with E-state index < -0.39 is 64.8 Å². The topological polar surface area (TPSA) is 64.2 Å². The fraction of sp³-hybridized carbons (Fsp3) is 0.200. The number of aromatic nitrogens is 2. The van der Waals surface area contributed by atoms with Gasteiger partial charge in [0.2, 0.25) is 5.88 Å². The minimum atomic E-state index is -3.91. The van der Waals surface area contributed by atoms with Crippen molar-refractivity contribution in [2.24, 2.45) is 0 Å². The average Bonchev–Trinajstić information content (AvgIpc) is 2.68. The fourth-order valence-corrected chi connectivity index (χ4v) is 2.91. The first kappa shape index (κ1) is 22.2. The van der Waals surface area contributed by atoms with Crippen molar-refractivity contribution in [3.8, 4) is 5.88 Å². The Balaban J connectivity index is 2.02. The van der Waals surface area contributed by atoms with Crippen molar-refractivity contribution in [2.75, 3.05) is 0 Å². The van der Waals surface area contributed by atoms with Gasteiger partial charge in [0.15, 0.2) is 0 Å². The summed E-state index contributed by atoms with van der Waals surface area (Å²) < 4.78 is 84.7. The third kappa shape index (κ3) is 4.65. The summed E-state index contributed by atoms with van der Waals surface area (Å²) in [6.45, 7) is -3.13. The molecule has 1 N–H and O–H groups in total. The highest BCUT2D eigenvalue weighted by atomic mass is 19.3. The Morgan fingerprint density at radius 1 is 0.742 bits per heavy atom. The minimum absolute atomic E-state index is 0.0218. The molecule has 2 aromatic carbocycles. The van der Waals surface area contributed by atoms with Gasteiger partial charge in [0.25, 0.3) is 17.4 Å². The Kier molecular flexibility index (Phi) is 5.70. The van der Waals surface area contributed by atoms with E-state index in [2.05, 4.69) is 0 Å². The van der Waals surface area contributed by atoms with Gasteiger partial charge in [-0.15, -0.1) is 0 Å². The van der Waals surface area contributed by atoms with E-state index in [0.29, 0.717) is 18.2 Å². The first-order chi connectivity index (χ1) is 14.4. The lowest BCUT2D eigenvalue weighted by atomic mass is 10.1. The van der Waals surface area contributed by atoms with E-state index in [1.807, 2.05) is 0 Å². The largest absolute Gasteiger partial charge is 0.494 e. The summed E-state index contributed by atoms with van der Waals surface area (Å²) >= 11 is 0. The zero-order valence-corrected chi connectivity index (χ0v) is 15.5. The standard InChI is InChI=1S/C20H14F6N2O3/c21-14-5-1-3-12(7-14)19(23,24)10-27-16(29)9-17(30)28(18(27)31)11-20(25,26)13-4-2-6-15(22)8-13/h1-9,29H,10-11H2. The normalized spacial score (nSPS) is 12.2. The van der Waals surface area contributed by atoms with Crippen molar-refractivity contribution in [1.29, 1.82) is 0 Å². The summed E-state index contributed by atoms with van der Waals surface area (Å²) in [5.74, 6) is -10.9. The van der Waals surface area contributed by atoms with Gasteiger partial charge in [-0.3, -0.25) is 13.9 Å². The van der Waals surface area contributed by atoms with Gasteiger partial charge in [-0.2, -0.15) is 17.6 Å². The molecule has 0 aliphatic carbocycles. The van der Waals surface area contributed by atoms with Crippen LogP contribution in [0.3, 0.4) is 0 Å². The molecule has 0 atom stereocenters. The SMILES string of the molecule is O=c1cc(O)n(CC(F)(F)c2cccc(F)c2)c(=O)n1CC(F)(F)c1cccc(F)c1. The average molecular weight is 444 g/mol. The van der Waals surface area contributed by atoms with Crippen LogP contribution in [0.1, 0.15) is 11.1 Å². The quantitative estimate of drug-likeness (QED) is 0.592. The molecule has 0 aliphatic rings. The van der Waals surface area contributed by atoms with Gasteiger partial charge < -0.3 is 5.11 Å². The number of halogens is 6. The lowest BCUT2D eigenvalue weighted by Crippen LogP contribution is -2.44. The summed E-state index contributed by atoms with van der Waals surface area (Å²) in [5.41, 5.74) is -4.69. The second kappa shape index (κ2) is 7.97. The second-order valence-electron chi connectivity index (χ2n) is 6.73. The van der Waals surface area contributed by atoms with E-state index in [0.717, 1.165) is 36.4 Å². The molecule has 1 heterocycles. The van der Waals surface area contributed by atoms with Crippen molar-refractivity contribution >= 4 is 0 Å². The third-order valence-electron chi connectivity index (χ3n) is 4.46. The number of aromatic hydroxyl groups is 1. The maximum absolute atomic E-state index is 14.5. The molecular weight excluding hydrogens is 430 g/mol. The predicted octanol–water partition coefficient (Wildman–Crippen LogP) is 3.58. The molecular formula is C20H14F6N2O3. The number of benzene rings is 2. The highest BCUT2D eigenvalue weighted by Gasteiger charge is 2.37. The van der Waals surface area contributed by atoms with E-state index >= 15 is 0 Å². The highest BCUT2D eigenvalue weighted by Crippen LogP contribution is 2.32. The molecule has 3 rings (SSSR count). The summed E-state index contributed by atoms with van der Waals surface area (Å²) in [6, 6.07) is 6.90. The molecule has 0 saturated heterocycles. The van der Waals surface area contributed by atoms with Crippen LogP contribution in [-0.4, -0.2) is 14.2 Å². The first-order valence-corrected chi connectivity index (χ1v) is 8.72. The smallest absolute Gasteiger partial charge is 0.334 e. The maximum atomic E-state index is 14.5. The van der Waals surface area contributed by atoms with Crippen molar-refractivity contribution in [3.05, 3.63) is 98.2 Å². The molecule has 1 aromatic heterocycles. The molecule has 0 radical (unpaired) electrons. The lowest BCUT2D eigenvalue weighted by molar-refractivity contribution is -0.0317. The van der Waals surface area contributed by atoms with E-state index in [1.165, 1.54) is 0 Å². The number of alkyl halides is 4. The van der Waals surface area contributed by atoms with Crippen LogP contribution in [-0.2, 0) is 24.9 Å². The van der Waals surface area contributed by atoms with Crippen molar-refractivity contribution < 1.29 is 31.4 Å². The monoisotopic (exact) mass is 444 g/mol. The van der Waals surface area contributed by atoms with Crippen LogP contribution in [0.15, 0.2) is 64.2 Å². The van der Waals surface area contributed by atoms with Crippen LogP contribution in [0.2, 0.25) is 0 Å². The van der Waals surface area contributed by atoms with Crippen molar-refractivity contribution in [2.45, 2.75) is 24.9 Å². The fourth-order valence-electron chi connectivity index (χ4n) is 2.91. The summed E-state index contributed by atoms with van der Waals surface area (Å²) in [4.78, 5) is 24.5. The van der Waals surface area contributed by atoms with Crippen LogP contribution >= 0.6 is 0 Å². The van der Waals surface area contributed by atoms with Gasteiger partial charge in [0.1, 0.15) is 11.6 Å². The molecule has 31 heavy (non-hydrogen) atoms. The third-order valence-corrected chi connectivity index (χ3v) is 4.46. The number of hydrogen-bond acceptors (Lipinski definition) is 3.